The minimum Gasteiger partial charge on any atom is -0.542 e. The van der Waals surface area contributed by atoms with Gasteiger partial charge in [-0.05, 0) is 48.8 Å². The van der Waals surface area contributed by atoms with E-state index in [2.05, 4.69) is 0 Å². The van der Waals surface area contributed by atoms with Crippen molar-refractivity contribution in [1.82, 2.24) is 0 Å². The third-order valence-corrected chi connectivity index (χ3v) is 4.28. The second kappa shape index (κ2) is 7.07. The summed E-state index contributed by atoms with van der Waals surface area (Å²) in [6.07, 6.45) is 5.05. The molecule has 1 aromatic carbocycles. The van der Waals surface area contributed by atoms with E-state index in [4.69, 9.17) is 4.42 Å². The predicted molar refractivity (Wildman–Crippen MR) is 79.1 cm³/mol. The molecule has 0 saturated carbocycles. The number of carboxylic acid groups (broad SMARTS) is 1. The number of aromatic carboxylic acids is 1. The van der Waals surface area contributed by atoms with Gasteiger partial charge in [-0.1, -0.05) is 13.3 Å². The van der Waals surface area contributed by atoms with Crippen molar-refractivity contribution < 1.29 is 49.0 Å². The van der Waals surface area contributed by atoms with Gasteiger partial charge in [-0.25, -0.2) is 0 Å². The molecule has 1 N–H and O–H groups in total. The number of carbonyl (C=O) groups is 1. The molecule has 6 heteroatoms. The van der Waals surface area contributed by atoms with Crippen LogP contribution in [-0.4, -0.2) is 11.1 Å². The van der Waals surface area contributed by atoms with Crippen molar-refractivity contribution >= 4 is 16.9 Å². The quantitative estimate of drug-likeness (QED) is 0.709. The van der Waals surface area contributed by atoms with Crippen LogP contribution in [0.2, 0.25) is 0 Å². The van der Waals surface area contributed by atoms with Crippen LogP contribution in [0, 0.1) is 0 Å². The van der Waals surface area contributed by atoms with Gasteiger partial charge < -0.3 is 19.4 Å². The Kier molecular flexibility index (Phi) is 5.55. The third-order valence-electron chi connectivity index (χ3n) is 4.28. The summed E-state index contributed by atoms with van der Waals surface area (Å²) in [6.45, 7) is 2.01. The fraction of sp³-hybridized carbons (Fsp3) is 0.412. The number of hydrogen-bond acceptors (Lipinski definition) is 5. The number of benzene rings is 1. The summed E-state index contributed by atoms with van der Waals surface area (Å²) in [4.78, 5) is 23.3. The normalized spacial score (nSPS) is 13.4. The zero-order valence-corrected chi connectivity index (χ0v) is 15.4. The van der Waals surface area contributed by atoms with Gasteiger partial charge in [-0.3, -0.25) is 4.79 Å². The van der Waals surface area contributed by atoms with Crippen molar-refractivity contribution in [2.75, 3.05) is 0 Å². The average molecular weight is 324 g/mol. The monoisotopic (exact) mass is 324 g/mol. The van der Waals surface area contributed by atoms with Crippen LogP contribution in [-0.2, 0) is 19.3 Å². The summed E-state index contributed by atoms with van der Waals surface area (Å²) >= 11 is 0. The average Bonchev–Trinajstić information content (AvgIpc) is 2.50. The van der Waals surface area contributed by atoms with Crippen LogP contribution in [0.15, 0.2) is 15.3 Å². The van der Waals surface area contributed by atoms with Crippen molar-refractivity contribution in [3.63, 3.8) is 0 Å². The molecule has 1 heterocycles. The van der Waals surface area contributed by atoms with Crippen LogP contribution >= 0.6 is 0 Å². The molecule has 23 heavy (non-hydrogen) atoms. The van der Waals surface area contributed by atoms with E-state index in [1.54, 1.807) is 0 Å². The summed E-state index contributed by atoms with van der Waals surface area (Å²) in [6, 6.07) is 0.877. The van der Waals surface area contributed by atoms with E-state index >= 15 is 0 Å². The number of hydrogen-bond donors (Lipinski definition) is 1. The van der Waals surface area contributed by atoms with E-state index < -0.39 is 17.2 Å². The maximum absolute atomic E-state index is 12.3. The van der Waals surface area contributed by atoms with Gasteiger partial charge in [-0.2, -0.15) is 0 Å². The second-order valence-corrected chi connectivity index (χ2v) is 5.71. The van der Waals surface area contributed by atoms with Crippen LogP contribution in [0.4, 0.5) is 0 Å². The molecule has 0 fully saturated rings. The molecule has 1 aliphatic rings. The number of aryl methyl sites for hydroxylation is 1. The van der Waals surface area contributed by atoms with Crippen LogP contribution < -0.4 is 40.1 Å². The zero-order chi connectivity index (χ0) is 15.9. The molecule has 0 radical (unpaired) electrons. The number of carboxylic acids is 1. The molecule has 0 bridgehead atoms. The Morgan fingerprint density at radius 1 is 1.30 bits per heavy atom. The minimum absolute atomic E-state index is 0. The van der Waals surface area contributed by atoms with Crippen molar-refractivity contribution in [3.05, 3.63) is 38.7 Å². The van der Waals surface area contributed by atoms with Crippen LogP contribution in [0.3, 0.4) is 0 Å². The number of phenolic OH excluding ortho intramolecular Hbond substituents is 1. The standard InChI is InChI=1S/C17H18O5.Na/c1-2-5-10-9-6-3-4-7-11(9)16-14(15(10)19)12(18)8-13(22-16)17(20)21;/h8,19H,2-7H2,1H3,(H,20,21);/q;+1/p-1. The molecule has 3 rings (SSSR count). The van der Waals surface area contributed by atoms with E-state index in [9.17, 15) is 19.8 Å². The Morgan fingerprint density at radius 3 is 2.57 bits per heavy atom. The molecule has 0 atom stereocenters. The van der Waals surface area contributed by atoms with E-state index in [-0.39, 0.29) is 46.3 Å². The van der Waals surface area contributed by atoms with E-state index in [0.29, 0.717) is 6.42 Å². The van der Waals surface area contributed by atoms with Gasteiger partial charge in [0.15, 0.2) is 11.2 Å². The molecule has 1 aliphatic carbocycles. The molecular weight excluding hydrogens is 307 g/mol. The van der Waals surface area contributed by atoms with Gasteiger partial charge in [0.2, 0.25) is 0 Å². The smallest absolute Gasteiger partial charge is 0.542 e. The largest absolute Gasteiger partial charge is 1.00 e. The Hall–Kier alpha value is -1.30. The molecule has 0 amide bonds. The number of aromatic hydroxyl groups is 1. The number of fused-ring (bicyclic) bond motifs is 3. The van der Waals surface area contributed by atoms with Gasteiger partial charge in [0.05, 0.1) is 0 Å². The number of rotatable bonds is 3. The molecule has 2 aromatic rings. The van der Waals surface area contributed by atoms with Crippen molar-refractivity contribution in [2.24, 2.45) is 0 Å². The Morgan fingerprint density at radius 2 is 1.96 bits per heavy atom. The molecule has 0 aliphatic heterocycles. The van der Waals surface area contributed by atoms with Gasteiger partial charge in [0.1, 0.15) is 22.7 Å². The van der Waals surface area contributed by atoms with Crippen LogP contribution in [0.25, 0.3) is 11.0 Å². The third kappa shape index (κ3) is 3.05. The maximum Gasteiger partial charge on any atom is 1.00 e. The minimum atomic E-state index is -1.53. The van der Waals surface area contributed by atoms with Crippen molar-refractivity contribution in [3.8, 4) is 5.75 Å². The topological polar surface area (TPSA) is 90.6 Å². The first-order valence-electron chi connectivity index (χ1n) is 7.59. The summed E-state index contributed by atoms with van der Waals surface area (Å²) in [5.41, 5.74) is 2.35. The summed E-state index contributed by atoms with van der Waals surface area (Å²) < 4.78 is 5.39. The first-order valence-corrected chi connectivity index (χ1v) is 7.59. The Balaban J connectivity index is 0.00000192. The first-order chi connectivity index (χ1) is 10.5. The molecule has 0 saturated heterocycles. The molecule has 0 spiro atoms. The van der Waals surface area contributed by atoms with Gasteiger partial charge in [0, 0.05) is 6.07 Å². The molecule has 1 aromatic heterocycles. The fourth-order valence-electron chi connectivity index (χ4n) is 3.33. The maximum atomic E-state index is 12.3. The molecule has 5 nitrogen and oxygen atoms in total. The van der Waals surface area contributed by atoms with E-state index in [0.717, 1.165) is 54.9 Å². The van der Waals surface area contributed by atoms with Crippen molar-refractivity contribution in [2.45, 2.75) is 45.4 Å². The van der Waals surface area contributed by atoms with E-state index in [1.807, 2.05) is 6.92 Å². The second-order valence-electron chi connectivity index (χ2n) is 5.71. The molecule has 0 unspecified atom stereocenters. The van der Waals surface area contributed by atoms with Gasteiger partial charge >= 0.3 is 29.6 Å². The van der Waals surface area contributed by atoms with Gasteiger partial charge in [-0.15, -0.1) is 0 Å². The summed E-state index contributed by atoms with van der Waals surface area (Å²) in [5.74, 6) is -2.08. The number of carbonyl (C=O) groups excluding carboxylic acids is 1. The summed E-state index contributed by atoms with van der Waals surface area (Å²) in [7, 11) is 0. The first kappa shape index (κ1) is 18.0. The van der Waals surface area contributed by atoms with Crippen LogP contribution in [0.1, 0.15) is 53.4 Å². The fourth-order valence-corrected chi connectivity index (χ4v) is 3.33. The van der Waals surface area contributed by atoms with Crippen LogP contribution in [0.5, 0.6) is 5.75 Å². The Labute approximate surface area is 155 Å². The van der Waals surface area contributed by atoms with Gasteiger partial charge in [0.25, 0.3) is 0 Å². The molecule has 116 valence electrons. The number of phenols is 1. The van der Waals surface area contributed by atoms with Crippen molar-refractivity contribution in [1.29, 1.82) is 0 Å². The predicted octanol–water partition coefficient (Wildman–Crippen LogP) is -1.30. The molecular formula is C17H17NaO5. The Bertz CT molecular complexity index is 822. The summed E-state index contributed by atoms with van der Waals surface area (Å²) in [5, 5.41) is 21.6. The zero-order valence-electron chi connectivity index (χ0n) is 13.4. The SMILES string of the molecule is CCCc1c2c(c3oc(C(=O)[O-])cc(=O)c3c1O)CCCC2.[Na+]. The van der Waals surface area contributed by atoms with E-state index in [1.165, 1.54) is 0 Å².